The summed E-state index contributed by atoms with van der Waals surface area (Å²) in [5.74, 6) is 0. The molecule has 0 aromatic rings. The third kappa shape index (κ3) is 4.76. The topological polar surface area (TPSA) is 12.0 Å². The molecule has 1 nitrogen and oxygen atoms in total. The second-order valence-corrected chi connectivity index (χ2v) is 2.63. The Kier molecular flexibility index (Phi) is 6.49. The van der Waals surface area contributed by atoms with Gasteiger partial charge in [0.1, 0.15) is 0 Å². The van der Waals surface area contributed by atoms with Crippen molar-refractivity contribution in [2.75, 3.05) is 13.6 Å². The first kappa shape index (κ1) is 6.76. The van der Waals surface area contributed by atoms with Gasteiger partial charge >= 0.3 is 52.3 Å². The van der Waals surface area contributed by atoms with Crippen LogP contribution >= 0.6 is 0 Å². The van der Waals surface area contributed by atoms with Gasteiger partial charge in [-0.05, 0) is 0 Å². The SMILES string of the molecule is CNCC[CH2][Sn]. The van der Waals surface area contributed by atoms with E-state index >= 15 is 0 Å². The minimum atomic E-state index is 1.19. The molecule has 0 bridgehead atoms. The minimum absolute atomic E-state index is 1.19. The molecule has 0 aliphatic carbocycles. The zero-order valence-electron chi connectivity index (χ0n) is 4.12. The van der Waals surface area contributed by atoms with Crippen LogP contribution in [0.25, 0.3) is 0 Å². The van der Waals surface area contributed by atoms with E-state index in [1.54, 1.807) is 22.5 Å². The summed E-state index contributed by atoms with van der Waals surface area (Å²) in [6.45, 7) is 1.19. The average molecular weight is 191 g/mol. The monoisotopic (exact) mass is 192 g/mol. The molecule has 0 spiro atoms. The summed E-state index contributed by atoms with van der Waals surface area (Å²) in [4.78, 5) is 0. The Morgan fingerprint density at radius 1 is 1.67 bits per heavy atom. The number of nitrogens with one attached hydrogen (secondary N) is 1. The Balaban J connectivity index is 2.34. The van der Waals surface area contributed by atoms with Gasteiger partial charge in [0.15, 0.2) is 0 Å². The maximum absolute atomic E-state index is 3.08. The average Bonchev–Trinajstić information content (AvgIpc) is 1.61. The molecule has 0 saturated heterocycles. The molecule has 0 amide bonds. The van der Waals surface area contributed by atoms with Gasteiger partial charge in [-0.1, -0.05) is 0 Å². The van der Waals surface area contributed by atoms with Gasteiger partial charge in [-0.25, -0.2) is 0 Å². The van der Waals surface area contributed by atoms with Crippen LogP contribution in [0.15, 0.2) is 0 Å². The fourth-order valence-corrected chi connectivity index (χ4v) is 0.770. The first-order chi connectivity index (χ1) is 2.91. The molecule has 1 N–H and O–H groups in total. The third-order valence-electron chi connectivity index (χ3n) is 0.604. The molecule has 0 aliphatic rings. The van der Waals surface area contributed by atoms with Crippen LogP contribution in [0.2, 0.25) is 4.44 Å². The molecule has 0 unspecified atom stereocenters. The van der Waals surface area contributed by atoms with Crippen molar-refractivity contribution in [1.82, 2.24) is 5.32 Å². The van der Waals surface area contributed by atoms with Crippen molar-refractivity contribution in [3.8, 4) is 0 Å². The van der Waals surface area contributed by atoms with Gasteiger partial charge in [-0.15, -0.1) is 0 Å². The van der Waals surface area contributed by atoms with E-state index in [-0.39, 0.29) is 0 Å². The Morgan fingerprint density at radius 2 is 2.33 bits per heavy atom. The second-order valence-electron chi connectivity index (χ2n) is 1.21. The molecule has 35 valence electrons. The molecule has 0 aliphatic heterocycles. The van der Waals surface area contributed by atoms with Crippen LogP contribution < -0.4 is 5.32 Å². The van der Waals surface area contributed by atoms with Crippen molar-refractivity contribution in [1.29, 1.82) is 0 Å². The summed E-state index contributed by atoms with van der Waals surface area (Å²) in [5, 5.41) is 3.08. The van der Waals surface area contributed by atoms with Crippen molar-refractivity contribution in [2.24, 2.45) is 0 Å². The van der Waals surface area contributed by atoms with Crippen LogP contribution in [-0.2, 0) is 0 Å². The van der Waals surface area contributed by atoms with Gasteiger partial charge in [-0.2, -0.15) is 0 Å². The molecule has 0 aromatic carbocycles. The Bertz CT molecular complexity index is 19.5. The standard InChI is InChI=1S/C4H10N.Sn/c1-3-4-5-2;/h5H,1,3-4H2,2H3;. The summed E-state index contributed by atoms with van der Waals surface area (Å²) in [5.41, 5.74) is 0. The summed E-state index contributed by atoms with van der Waals surface area (Å²) >= 11 is 1.65. The summed E-state index contributed by atoms with van der Waals surface area (Å²) < 4.78 is 1.38. The molecule has 0 fully saturated rings. The van der Waals surface area contributed by atoms with Crippen LogP contribution in [-0.4, -0.2) is 36.1 Å². The van der Waals surface area contributed by atoms with E-state index in [9.17, 15) is 0 Å². The van der Waals surface area contributed by atoms with Crippen LogP contribution in [0.4, 0.5) is 0 Å². The molecule has 2 heteroatoms. The predicted molar refractivity (Wildman–Crippen MR) is 29.1 cm³/mol. The molecular weight excluding hydrogens is 181 g/mol. The number of hydrogen-bond acceptors (Lipinski definition) is 1. The van der Waals surface area contributed by atoms with Gasteiger partial charge < -0.3 is 0 Å². The molecular formula is C4H10NSn. The van der Waals surface area contributed by atoms with E-state index in [2.05, 4.69) is 5.32 Å². The van der Waals surface area contributed by atoms with Crippen LogP contribution in [0.5, 0.6) is 0 Å². The molecule has 0 rings (SSSR count). The van der Waals surface area contributed by atoms with Crippen molar-refractivity contribution in [3.63, 3.8) is 0 Å². The van der Waals surface area contributed by atoms with Crippen LogP contribution in [0.1, 0.15) is 6.42 Å². The predicted octanol–water partition coefficient (Wildman–Crippen LogP) is 0.183. The molecule has 3 radical (unpaired) electrons. The zero-order valence-corrected chi connectivity index (χ0v) is 6.98. The summed E-state index contributed by atoms with van der Waals surface area (Å²) in [7, 11) is 1.99. The number of hydrogen-bond donors (Lipinski definition) is 1. The summed E-state index contributed by atoms with van der Waals surface area (Å²) in [6.07, 6.45) is 1.34. The molecule has 0 aromatic heterocycles. The Hall–Kier alpha value is 0.759. The molecule has 6 heavy (non-hydrogen) atoms. The maximum atomic E-state index is 3.08. The van der Waals surface area contributed by atoms with E-state index in [0.29, 0.717) is 0 Å². The fourth-order valence-electron chi connectivity index (χ4n) is 0.265. The first-order valence-corrected chi connectivity index (χ1v) is 4.23. The van der Waals surface area contributed by atoms with Gasteiger partial charge in [0.05, 0.1) is 0 Å². The molecule has 0 heterocycles. The van der Waals surface area contributed by atoms with Crippen molar-refractivity contribution < 1.29 is 0 Å². The summed E-state index contributed by atoms with van der Waals surface area (Å²) in [6, 6.07) is 0. The van der Waals surface area contributed by atoms with Crippen LogP contribution in [0.3, 0.4) is 0 Å². The van der Waals surface area contributed by atoms with Crippen molar-refractivity contribution in [2.45, 2.75) is 10.9 Å². The van der Waals surface area contributed by atoms with Crippen molar-refractivity contribution >= 4 is 22.5 Å². The zero-order chi connectivity index (χ0) is 4.83. The van der Waals surface area contributed by atoms with E-state index in [1.165, 1.54) is 17.4 Å². The van der Waals surface area contributed by atoms with Gasteiger partial charge in [0.2, 0.25) is 0 Å². The normalized spacial score (nSPS) is 9.00. The van der Waals surface area contributed by atoms with E-state index in [4.69, 9.17) is 0 Å². The van der Waals surface area contributed by atoms with E-state index < -0.39 is 0 Å². The van der Waals surface area contributed by atoms with E-state index in [0.717, 1.165) is 0 Å². The molecule has 0 saturated carbocycles. The first-order valence-electron chi connectivity index (χ1n) is 2.21. The van der Waals surface area contributed by atoms with Gasteiger partial charge in [-0.3, -0.25) is 0 Å². The fraction of sp³-hybridized carbons (Fsp3) is 1.00. The quantitative estimate of drug-likeness (QED) is 0.495. The number of rotatable bonds is 3. The Morgan fingerprint density at radius 3 is 2.50 bits per heavy atom. The van der Waals surface area contributed by atoms with E-state index in [1.807, 2.05) is 7.05 Å². The van der Waals surface area contributed by atoms with Crippen molar-refractivity contribution in [3.05, 3.63) is 0 Å². The molecule has 0 atom stereocenters. The second kappa shape index (κ2) is 5.76. The third-order valence-corrected chi connectivity index (χ3v) is 1.61. The van der Waals surface area contributed by atoms with Gasteiger partial charge in [0.25, 0.3) is 0 Å². The van der Waals surface area contributed by atoms with Gasteiger partial charge in [0, 0.05) is 0 Å². The van der Waals surface area contributed by atoms with Crippen LogP contribution in [0, 0.1) is 0 Å². The Labute approximate surface area is 52.6 Å².